The normalized spacial score (nSPS) is 23.0. The van der Waals surface area contributed by atoms with Crippen LogP contribution in [0.15, 0.2) is 23.3 Å². The van der Waals surface area contributed by atoms with E-state index < -0.39 is 39.2 Å². The lowest BCUT2D eigenvalue weighted by atomic mass is 9.81. The number of rotatable bonds is 4. The molecule has 4 rings (SSSR count). The van der Waals surface area contributed by atoms with Crippen LogP contribution in [0.1, 0.15) is 32.8 Å². The summed E-state index contributed by atoms with van der Waals surface area (Å²) in [6.45, 7) is 5.84. The van der Waals surface area contributed by atoms with Crippen molar-refractivity contribution in [3.8, 4) is 11.3 Å². The lowest BCUT2D eigenvalue weighted by Gasteiger charge is -2.34. The van der Waals surface area contributed by atoms with Crippen molar-refractivity contribution < 1.29 is 22.3 Å². The fraction of sp³-hybridized carbons (Fsp3) is 0.476. The first-order valence-corrected chi connectivity index (χ1v) is 12.0. The standard InChI is InChI=1S/C21H25F2N5O3S/c1-11-21(2,3)13-7-12(8-14(22)19(13)25-11)18-15(23)9-24-20(27-18)26-16-5-6-28(10-17(16)29)32(4,30)31/h7-9,16-17,29H,5-6,10H2,1-4H3,(H,24,26,27)/t16-,17-/m1/s1. The van der Waals surface area contributed by atoms with Gasteiger partial charge < -0.3 is 10.4 Å². The van der Waals surface area contributed by atoms with E-state index in [0.29, 0.717) is 12.0 Å². The largest absolute Gasteiger partial charge is 0.390 e. The smallest absolute Gasteiger partial charge is 0.223 e. The van der Waals surface area contributed by atoms with Gasteiger partial charge in [0.1, 0.15) is 17.2 Å². The second-order valence-electron chi connectivity index (χ2n) is 8.79. The molecule has 3 heterocycles. The Bertz CT molecular complexity index is 1220. The Morgan fingerprint density at radius 1 is 1.25 bits per heavy atom. The number of piperidine rings is 1. The first-order valence-electron chi connectivity index (χ1n) is 10.2. The first-order chi connectivity index (χ1) is 14.9. The van der Waals surface area contributed by atoms with Gasteiger partial charge >= 0.3 is 0 Å². The van der Waals surface area contributed by atoms with E-state index in [1.54, 1.807) is 6.07 Å². The van der Waals surface area contributed by atoms with Gasteiger partial charge in [-0.2, -0.15) is 4.31 Å². The number of benzene rings is 1. The van der Waals surface area contributed by atoms with Crippen LogP contribution >= 0.6 is 0 Å². The summed E-state index contributed by atoms with van der Waals surface area (Å²) in [6, 6.07) is 2.37. The highest BCUT2D eigenvalue weighted by Gasteiger charge is 2.35. The highest BCUT2D eigenvalue weighted by molar-refractivity contribution is 7.88. The minimum atomic E-state index is -3.41. The molecule has 0 bridgehead atoms. The molecular weight excluding hydrogens is 440 g/mol. The minimum absolute atomic E-state index is 0.0605. The third-order valence-corrected chi connectivity index (χ3v) is 7.54. The summed E-state index contributed by atoms with van der Waals surface area (Å²) in [6.07, 6.45) is 1.41. The maximum absolute atomic E-state index is 14.8. The Labute approximate surface area is 185 Å². The molecule has 172 valence electrons. The molecule has 1 fully saturated rings. The van der Waals surface area contributed by atoms with Gasteiger partial charge in [-0.1, -0.05) is 13.8 Å². The van der Waals surface area contributed by atoms with Crippen molar-refractivity contribution in [1.29, 1.82) is 0 Å². The zero-order valence-electron chi connectivity index (χ0n) is 18.2. The van der Waals surface area contributed by atoms with Crippen molar-refractivity contribution in [3.63, 3.8) is 0 Å². The molecule has 0 spiro atoms. The number of hydrogen-bond acceptors (Lipinski definition) is 7. The lowest BCUT2D eigenvalue weighted by Crippen LogP contribution is -2.51. The molecular formula is C21H25F2N5O3S. The fourth-order valence-corrected chi connectivity index (χ4v) is 4.87. The Hall–Kier alpha value is -2.50. The average molecular weight is 466 g/mol. The molecule has 2 aliphatic heterocycles. The minimum Gasteiger partial charge on any atom is -0.390 e. The van der Waals surface area contributed by atoms with Crippen LogP contribution in [0.5, 0.6) is 0 Å². The Kier molecular flexibility index (Phi) is 5.54. The number of nitrogens with zero attached hydrogens (tertiary/aromatic N) is 4. The SMILES string of the molecule is CC1=Nc2c(F)cc(-c3nc(N[C@@H]4CCN(S(C)(=O)=O)C[C@H]4O)ncc3F)cc2C1(C)C. The summed E-state index contributed by atoms with van der Waals surface area (Å²) in [5.74, 6) is -1.21. The Balaban J connectivity index is 1.62. The van der Waals surface area contributed by atoms with Gasteiger partial charge in [0, 0.05) is 29.8 Å². The molecule has 2 aliphatic rings. The number of nitrogens with one attached hydrogen (secondary N) is 1. The molecule has 8 nitrogen and oxygen atoms in total. The summed E-state index contributed by atoms with van der Waals surface area (Å²) in [5.41, 5.74) is 1.37. The van der Waals surface area contributed by atoms with Crippen molar-refractivity contribution >= 4 is 27.4 Å². The highest BCUT2D eigenvalue weighted by atomic mass is 32.2. The van der Waals surface area contributed by atoms with E-state index >= 15 is 0 Å². The molecule has 1 saturated heterocycles. The number of aliphatic hydroxyl groups excluding tert-OH is 1. The van der Waals surface area contributed by atoms with Crippen molar-refractivity contribution in [2.45, 2.75) is 44.8 Å². The van der Waals surface area contributed by atoms with Gasteiger partial charge in [0.05, 0.1) is 24.6 Å². The zero-order chi connectivity index (χ0) is 23.4. The van der Waals surface area contributed by atoms with Gasteiger partial charge in [-0.25, -0.2) is 27.2 Å². The van der Waals surface area contributed by atoms with Crippen LogP contribution in [0.3, 0.4) is 0 Å². The van der Waals surface area contributed by atoms with E-state index in [9.17, 15) is 22.3 Å². The second kappa shape index (κ2) is 7.82. The summed E-state index contributed by atoms with van der Waals surface area (Å²) < 4.78 is 54.0. The molecule has 2 atom stereocenters. The molecule has 0 saturated carbocycles. The number of aliphatic hydroxyl groups is 1. The van der Waals surface area contributed by atoms with Crippen LogP contribution in [0, 0.1) is 11.6 Å². The molecule has 1 aromatic carbocycles. The van der Waals surface area contributed by atoms with Gasteiger partial charge in [0.15, 0.2) is 5.82 Å². The van der Waals surface area contributed by atoms with Crippen molar-refractivity contribution in [1.82, 2.24) is 14.3 Å². The van der Waals surface area contributed by atoms with Crippen LogP contribution in [0.4, 0.5) is 20.4 Å². The number of sulfonamides is 1. The summed E-state index contributed by atoms with van der Waals surface area (Å²) in [5, 5.41) is 13.3. The molecule has 2 aromatic rings. The molecule has 2 N–H and O–H groups in total. The summed E-state index contributed by atoms with van der Waals surface area (Å²) in [4.78, 5) is 12.5. The van der Waals surface area contributed by atoms with Gasteiger partial charge in [-0.15, -0.1) is 0 Å². The topological polar surface area (TPSA) is 108 Å². The van der Waals surface area contributed by atoms with Crippen molar-refractivity contribution in [2.24, 2.45) is 4.99 Å². The van der Waals surface area contributed by atoms with Crippen LogP contribution in [0.2, 0.25) is 0 Å². The maximum Gasteiger partial charge on any atom is 0.223 e. The van der Waals surface area contributed by atoms with E-state index in [0.717, 1.165) is 18.2 Å². The molecule has 1 aromatic heterocycles. The summed E-state index contributed by atoms with van der Waals surface area (Å²) in [7, 11) is -3.41. The molecule has 11 heteroatoms. The quantitative estimate of drug-likeness (QED) is 0.719. The molecule has 0 unspecified atom stereocenters. The fourth-order valence-electron chi connectivity index (χ4n) is 4.01. The molecule has 0 radical (unpaired) electrons. The predicted octanol–water partition coefficient (Wildman–Crippen LogP) is 2.61. The molecule has 0 aliphatic carbocycles. The summed E-state index contributed by atoms with van der Waals surface area (Å²) >= 11 is 0. The van der Waals surface area contributed by atoms with Crippen LogP contribution in [-0.2, 0) is 15.4 Å². The second-order valence-corrected chi connectivity index (χ2v) is 10.8. The van der Waals surface area contributed by atoms with E-state index in [1.165, 1.54) is 10.4 Å². The van der Waals surface area contributed by atoms with Crippen LogP contribution in [-0.4, -0.2) is 65.0 Å². The van der Waals surface area contributed by atoms with E-state index in [2.05, 4.69) is 20.3 Å². The van der Waals surface area contributed by atoms with E-state index in [-0.39, 0.29) is 36.0 Å². The highest BCUT2D eigenvalue weighted by Crippen LogP contribution is 2.43. The predicted molar refractivity (Wildman–Crippen MR) is 118 cm³/mol. The Morgan fingerprint density at radius 3 is 2.62 bits per heavy atom. The third-order valence-electron chi connectivity index (χ3n) is 6.27. The number of aromatic nitrogens is 2. The maximum atomic E-state index is 14.8. The number of aliphatic imine (C=N–C) groups is 1. The zero-order valence-corrected chi connectivity index (χ0v) is 19.0. The van der Waals surface area contributed by atoms with Crippen molar-refractivity contribution in [3.05, 3.63) is 35.5 Å². The number of fused-ring (bicyclic) bond motifs is 1. The van der Waals surface area contributed by atoms with Gasteiger partial charge in [-0.3, -0.25) is 4.99 Å². The third kappa shape index (κ3) is 4.00. The number of hydrogen-bond donors (Lipinski definition) is 2. The van der Waals surface area contributed by atoms with Crippen LogP contribution < -0.4 is 5.32 Å². The Morgan fingerprint density at radius 2 is 1.97 bits per heavy atom. The van der Waals surface area contributed by atoms with Crippen LogP contribution in [0.25, 0.3) is 11.3 Å². The number of halogens is 2. The lowest BCUT2D eigenvalue weighted by molar-refractivity contribution is 0.0950. The monoisotopic (exact) mass is 465 g/mol. The van der Waals surface area contributed by atoms with Gasteiger partial charge in [-0.05, 0) is 31.0 Å². The number of β-amino-alcohol motifs (C(OH)–C–C–N with tert-alkyl or cyclic N) is 1. The van der Waals surface area contributed by atoms with Crippen molar-refractivity contribution in [2.75, 3.05) is 24.7 Å². The van der Waals surface area contributed by atoms with Gasteiger partial charge in [0.25, 0.3) is 0 Å². The molecule has 32 heavy (non-hydrogen) atoms. The average Bonchev–Trinajstić information content (AvgIpc) is 2.94. The molecule has 0 amide bonds. The first kappa shape index (κ1) is 22.7. The van der Waals surface area contributed by atoms with E-state index in [4.69, 9.17) is 0 Å². The van der Waals surface area contributed by atoms with E-state index in [1.807, 2.05) is 20.8 Å². The van der Waals surface area contributed by atoms with Gasteiger partial charge in [0.2, 0.25) is 16.0 Å². The number of anilines is 1.